The number of fused-ring (bicyclic) bond motifs is 2. The average Bonchev–Trinajstić information content (AvgIpc) is 3.73. The number of hydrogen-bond donors (Lipinski definition) is 2. The molecule has 2 fully saturated rings. The third-order valence-electron chi connectivity index (χ3n) is 10.9. The molecule has 2 aromatic carbocycles. The number of carbonyl (C=O) groups excluding carboxylic acids is 1. The molecule has 0 bridgehead atoms. The summed E-state index contributed by atoms with van der Waals surface area (Å²) < 4.78 is 35.9. The molecule has 2 saturated heterocycles. The van der Waals surface area contributed by atoms with E-state index >= 15 is 0 Å². The van der Waals surface area contributed by atoms with Crippen LogP contribution < -0.4 is 26.6 Å². The van der Waals surface area contributed by atoms with E-state index in [1.54, 1.807) is 19.2 Å². The van der Waals surface area contributed by atoms with Gasteiger partial charge >= 0.3 is 5.69 Å². The fraction of sp³-hybridized carbons (Fsp3) is 0.342. The highest BCUT2D eigenvalue weighted by atomic mass is 35.5. The number of aromatic nitrogens is 4. The number of amides is 1. The minimum absolute atomic E-state index is 0.0108. The number of nitrogens with zero attached hydrogens (tertiary/aromatic N) is 5. The number of halogens is 3. The number of carbonyl (C=O) groups is 1. The highest BCUT2D eigenvalue weighted by Crippen LogP contribution is 2.48. The van der Waals surface area contributed by atoms with E-state index < -0.39 is 23.4 Å². The van der Waals surface area contributed by atoms with E-state index in [2.05, 4.69) is 26.6 Å². The Hall–Kier alpha value is -5.14. The van der Waals surface area contributed by atoms with Gasteiger partial charge in [0, 0.05) is 62.0 Å². The highest BCUT2D eigenvalue weighted by Gasteiger charge is 2.51. The Labute approximate surface area is 302 Å². The molecule has 0 saturated carbocycles. The second-order valence-corrected chi connectivity index (χ2v) is 14.3. The number of aryl methyl sites for hydroxylation is 2. The third kappa shape index (κ3) is 5.36. The molecule has 1 spiro atoms. The predicted molar refractivity (Wildman–Crippen MR) is 195 cm³/mol. The molecule has 11 nitrogen and oxygen atoms in total. The number of hydrogen-bond acceptors (Lipinski definition) is 8. The molecule has 1 atom stereocenters. The lowest BCUT2D eigenvalue weighted by Gasteiger charge is -2.50. The number of anilines is 2. The van der Waals surface area contributed by atoms with Gasteiger partial charge in [0.15, 0.2) is 0 Å². The zero-order chi connectivity index (χ0) is 36.6. The van der Waals surface area contributed by atoms with Gasteiger partial charge in [0.25, 0.3) is 12.0 Å². The quantitative estimate of drug-likeness (QED) is 0.211. The maximum Gasteiger partial charge on any atom is 0.330 e. The van der Waals surface area contributed by atoms with Crippen molar-refractivity contribution in [2.45, 2.75) is 50.6 Å². The number of methoxy groups -OCH3 is 1. The molecule has 2 N–H and O–H groups in total. The number of alkyl halides is 2. The summed E-state index contributed by atoms with van der Waals surface area (Å²) in [5.41, 5.74) is 4.45. The molecular weight excluding hydrogens is 692 g/mol. The molecule has 1 amide bonds. The average molecular weight is 728 g/mol. The summed E-state index contributed by atoms with van der Waals surface area (Å²) in [4.78, 5) is 49.3. The zero-order valence-electron chi connectivity index (χ0n) is 29.0. The van der Waals surface area contributed by atoms with Gasteiger partial charge in [0.1, 0.15) is 16.9 Å². The van der Waals surface area contributed by atoms with Crippen LogP contribution in [-0.4, -0.2) is 55.6 Å². The Morgan fingerprint density at radius 2 is 1.73 bits per heavy atom. The van der Waals surface area contributed by atoms with Crippen molar-refractivity contribution >= 4 is 39.9 Å². The van der Waals surface area contributed by atoms with Crippen molar-refractivity contribution < 1.29 is 18.3 Å². The summed E-state index contributed by atoms with van der Waals surface area (Å²) in [5.74, 6) is 0.599. The topological polar surface area (TPSA) is 123 Å². The summed E-state index contributed by atoms with van der Waals surface area (Å²) >= 11 is 7.19. The largest absolute Gasteiger partial charge is 0.481 e. The van der Waals surface area contributed by atoms with E-state index in [0.29, 0.717) is 28.7 Å². The first-order chi connectivity index (χ1) is 24.9. The fourth-order valence-electron chi connectivity index (χ4n) is 8.14. The second kappa shape index (κ2) is 12.5. The van der Waals surface area contributed by atoms with E-state index in [-0.39, 0.29) is 34.2 Å². The number of rotatable bonds is 7. The first kappa shape index (κ1) is 34.0. The van der Waals surface area contributed by atoms with Gasteiger partial charge in [-0.2, -0.15) is 0 Å². The Morgan fingerprint density at radius 3 is 2.44 bits per heavy atom. The molecule has 3 aromatic heterocycles. The lowest BCUT2D eigenvalue weighted by molar-refractivity contribution is -0.121. The van der Waals surface area contributed by atoms with Crippen LogP contribution >= 0.6 is 11.6 Å². The predicted octanol–water partition coefficient (Wildman–Crippen LogP) is 5.96. The van der Waals surface area contributed by atoms with E-state index in [1.807, 2.05) is 31.2 Å². The van der Waals surface area contributed by atoms with Gasteiger partial charge in [-0.25, -0.2) is 23.5 Å². The van der Waals surface area contributed by atoms with Crippen LogP contribution in [-0.2, 0) is 25.3 Å². The van der Waals surface area contributed by atoms with Crippen molar-refractivity contribution in [1.29, 1.82) is 0 Å². The van der Waals surface area contributed by atoms with Gasteiger partial charge in [-0.1, -0.05) is 41.9 Å². The van der Waals surface area contributed by atoms with Gasteiger partial charge in [0.05, 0.1) is 28.9 Å². The summed E-state index contributed by atoms with van der Waals surface area (Å²) in [6.45, 7) is 3.49. The third-order valence-corrected chi connectivity index (χ3v) is 11.3. The molecule has 1 unspecified atom stereocenters. The van der Waals surface area contributed by atoms with Gasteiger partial charge in [-0.15, -0.1) is 0 Å². The maximum absolute atomic E-state index is 14.0. The van der Waals surface area contributed by atoms with E-state index in [0.717, 1.165) is 80.9 Å². The number of benzene rings is 2. The number of nitrogens with one attached hydrogen (secondary N) is 2. The minimum Gasteiger partial charge on any atom is -0.481 e. The van der Waals surface area contributed by atoms with Crippen LogP contribution in [0.2, 0.25) is 5.02 Å². The van der Waals surface area contributed by atoms with Crippen LogP contribution in [0.4, 0.5) is 20.3 Å². The summed E-state index contributed by atoms with van der Waals surface area (Å²) in [7, 11) is 4.38. The first-order valence-corrected chi connectivity index (χ1v) is 17.4. The lowest BCUT2D eigenvalue weighted by Crippen LogP contribution is -2.67. The van der Waals surface area contributed by atoms with E-state index in [9.17, 15) is 23.2 Å². The minimum atomic E-state index is -2.93. The van der Waals surface area contributed by atoms with Gasteiger partial charge in [0.2, 0.25) is 11.8 Å². The lowest BCUT2D eigenvalue weighted by atomic mass is 9.86. The Bertz CT molecular complexity index is 2440. The summed E-state index contributed by atoms with van der Waals surface area (Å²) in [6, 6.07) is 14.5. The summed E-state index contributed by atoms with van der Waals surface area (Å²) in [5, 5.41) is 6.77. The number of ether oxygens (including phenoxy) is 1. The highest BCUT2D eigenvalue weighted by molar-refractivity contribution is 6.36. The van der Waals surface area contributed by atoms with Crippen molar-refractivity contribution in [2.24, 2.45) is 14.1 Å². The molecule has 3 aliphatic rings. The number of pyridine rings is 2. The monoisotopic (exact) mass is 727 g/mol. The molecule has 14 heteroatoms. The second-order valence-electron chi connectivity index (χ2n) is 13.9. The Balaban J connectivity index is 1.14. The SMILES string of the molecule is COc1nc(-c2cccc(-c3cccc(Nc4nc(C(F)F)cc5c4c(=O)n(C)c(=O)n5C)c3C)c2Cl)cc2c1C(N1CC3(CCC(=O)N3)C1)CC2. The molecule has 268 valence electrons. The first-order valence-electron chi connectivity index (χ1n) is 17.1. The van der Waals surface area contributed by atoms with Gasteiger partial charge in [-0.05, 0) is 61.1 Å². The van der Waals surface area contributed by atoms with Crippen molar-refractivity contribution in [1.82, 2.24) is 29.3 Å². The standard InChI is InChI=1S/C38H36ClF2N7O4/c1-19-21(7-6-10-24(19)42-34-31-28(16-26(43-34)33(40)41)46(2)37(51)47(3)36(31)50)22-8-5-9-23(32(22)39)25-15-20-11-12-27(30(20)35(44-25)52-4)48-17-38(18-48)14-13-29(49)45-38/h5-10,15-16,27,33H,11-14,17-18H2,1-4H3,(H,42,43)(H,45,49). The van der Waals surface area contributed by atoms with Crippen LogP contribution in [0.15, 0.2) is 58.1 Å². The van der Waals surface area contributed by atoms with E-state index in [4.69, 9.17) is 21.3 Å². The van der Waals surface area contributed by atoms with Crippen LogP contribution in [0.1, 0.15) is 54.1 Å². The van der Waals surface area contributed by atoms with Crippen molar-refractivity contribution in [3.8, 4) is 28.3 Å². The van der Waals surface area contributed by atoms with Gasteiger partial charge in [-0.3, -0.25) is 23.6 Å². The normalized spacial score (nSPS) is 17.8. The molecule has 52 heavy (non-hydrogen) atoms. The van der Waals surface area contributed by atoms with Gasteiger partial charge < -0.3 is 15.4 Å². The fourth-order valence-corrected chi connectivity index (χ4v) is 8.47. The maximum atomic E-state index is 14.0. The molecule has 5 heterocycles. The van der Waals surface area contributed by atoms with Crippen LogP contribution in [0.3, 0.4) is 0 Å². The molecule has 8 rings (SSSR count). The molecule has 5 aromatic rings. The van der Waals surface area contributed by atoms with Crippen LogP contribution in [0.5, 0.6) is 5.88 Å². The van der Waals surface area contributed by atoms with Crippen LogP contribution in [0, 0.1) is 6.92 Å². The molecular formula is C38H36ClF2N7O4. The number of likely N-dealkylation sites (tertiary alicyclic amines) is 1. The van der Waals surface area contributed by atoms with Crippen LogP contribution in [0.25, 0.3) is 33.3 Å². The summed E-state index contributed by atoms with van der Waals surface area (Å²) in [6.07, 6.45) is 0.307. The van der Waals surface area contributed by atoms with E-state index in [1.165, 1.54) is 14.1 Å². The molecule has 2 aliphatic heterocycles. The van der Waals surface area contributed by atoms with Crippen molar-refractivity contribution in [2.75, 3.05) is 25.5 Å². The zero-order valence-corrected chi connectivity index (χ0v) is 29.8. The molecule has 1 aliphatic carbocycles. The molecule has 0 radical (unpaired) electrons. The Morgan fingerprint density at radius 1 is 1.00 bits per heavy atom. The Kier molecular flexibility index (Phi) is 8.18. The van der Waals surface area contributed by atoms with Crippen molar-refractivity contribution in [3.05, 3.63) is 96.8 Å². The smallest absolute Gasteiger partial charge is 0.330 e. The van der Waals surface area contributed by atoms with Crippen molar-refractivity contribution in [3.63, 3.8) is 0 Å².